The Morgan fingerprint density at radius 2 is 2.18 bits per heavy atom. The summed E-state index contributed by atoms with van der Waals surface area (Å²) in [4.78, 5) is 20.2. The molecule has 22 heavy (non-hydrogen) atoms. The number of pyridine rings is 1. The van der Waals surface area contributed by atoms with Crippen molar-refractivity contribution in [2.45, 2.75) is 6.54 Å². The van der Waals surface area contributed by atoms with Crippen molar-refractivity contribution in [3.8, 4) is 5.82 Å². The lowest BCUT2D eigenvalue weighted by Gasteiger charge is -2.06. The van der Waals surface area contributed by atoms with Crippen molar-refractivity contribution >= 4 is 5.91 Å². The molecule has 2 heterocycles. The maximum atomic E-state index is 13.1. The molecule has 0 fully saturated rings. The highest BCUT2D eigenvalue weighted by molar-refractivity contribution is 5.93. The summed E-state index contributed by atoms with van der Waals surface area (Å²) in [5, 5.41) is 2.73. The first kappa shape index (κ1) is 13.9. The smallest absolute Gasteiger partial charge is 0.253 e. The van der Waals surface area contributed by atoms with Crippen molar-refractivity contribution < 1.29 is 9.18 Å². The van der Waals surface area contributed by atoms with E-state index in [-0.39, 0.29) is 18.3 Å². The topological polar surface area (TPSA) is 59.8 Å². The summed E-state index contributed by atoms with van der Waals surface area (Å²) >= 11 is 0. The van der Waals surface area contributed by atoms with Gasteiger partial charge in [-0.25, -0.2) is 14.4 Å². The molecule has 0 saturated carbocycles. The van der Waals surface area contributed by atoms with E-state index in [0.717, 1.165) is 0 Å². The fourth-order valence-corrected chi connectivity index (χ4v) is 2.00. The van der Waals surface area contributed by atoms with Crippen molar-refractivity contribution in [2.75, 3.05) is 0 Å². The normalized spacial score (nSPS) is 10.4. The number of amides is 1. The Balaban J connectivity index is 1.65. The summed E-state index contributed by atoms with van der Waals surface area (Å²) in [6.45, 7) is 0.264. The van der Waals surface area contributed by atoms with Gasteiger partial charge in [0.25, 0.3) is 5.91 Å². The molecule has 0 aliphatic rings. The van der Waals surface area contributed by atoms with Crippen LogP contribution in [0, 0.1) is 5.82 Å². The monoisotopic (exact) mass is 296 g/mol. The number of imidazole rings is 1. The second-order valence-electron chi connectivity index (χ2n) is 4.69. The number of halogens is 1. The number of rotatable bonds is 4. The van der Waals surface area contributed by atoms with Crippen molar-refractivity contribution in [2.24, 2.45) is 0 Å². The molecule has 3 rings (SSSR count). The summed E-state index contributed by atoms with van der Waals surface area (Å²) < 4.78 is 14.8. The van der Waals surface area contributed by atoms with Crippen LogP contribution in [0.5, 0.6) is 0 Å². The fraction of sp³-hybridized carbons (Fsp3) is 0.0625. The van der Waals surface area contributed by atoms with E-state index >= 15 is 0 Å². The van der Waals surface area contributed by atoms with E-state index in [1.165, 1.54) is 18.3 Å². The Labute approximate surface area is 126 Å². The second kappa shape index (κ2) is 6.17. The van der Waals surface area contributed by atoms with Crippen molar-refractivity contribution in [3.63, 3.8) is 0 Å². The standard InChI is InChI=1S/C16H13FN4O/c17-14-3-1-2-12(8-14)9-20-16(22)13-4-5-15(19-10-13)21-7-6-18-11-21/h1-8,10-11H,9H2,(H,20,22). The van der Waals surface area contributed by atoms with Gasteiger partial charge in [-0.3, -0.25) is 9.36 Å². The number of hydrogen-bond donors (Lipinski definition) is 1. The maximum Gasteiger partial charge on any atom is 0.253 e. The van der Waals surface area contributed by atoms with Crippen LogP contribution < -0.4 is 5.32 Å². The molecule has 5 nitrogen and oxygen atoms in total. The van der Waals surface area contributed by atoms with Gasteiger partial charge in [-0.05, 0) is 29.8 Å². The number of aromatic nitrogens is 3. The Hall–Kier alpha value is -3.02. The lowest BCUT2D eigenvalue weighted by atomic mass is 10.2. The van der Waals surface area contributed by atoms with Gasteiger partial charge in [0.2, 0.25) is 0 Å². The van der Waals surface area contributed by atoms with Crippen LogP contribution in [0.3, 0.4) is 0 Å². The Morgan fingerprint density at radius 1 is 1.27 bits per heavy atom. The Kier molecular flexibility index (Phi) is 3.91. The van der Waals surface area contributed by atoms with E-state index in [4.69, 9.17) is 0 Å². The molecule has 0 bridgehead atoms. The molecule has 0 radical (unpaired) electrons. The molecule has 0 atom stereocenters. The minimum atomic E-state index is -0.321. The molecular weight excluding hydrogens is 283 g/mol. The first-order valence-corrected chi connectivity index (χ1v) is 6.69. The minimum Gasteiger partial charge on any atom is -0.348 e. The molecule has 2 aromatic heterocycles. The summed E-state index contributed by atoms with van der Waals surface area (Å²) in [6.07, 6.45) is 6.55. The minimum absolute atomic E-state index is 0.256. The highest BCUT2D eigenvalue weighted by atomic mass is 19.1. The van der Waals surface area contributed by atoms with Gasteiger partial charge in [-0.15, -0.1) is 0 Å². The van der Waals surface area contributed by atoms with Crippen molar-refractivity contribution in [3.05, 3.63) is 78.3 Å². The third-order valence-electron chi connectivity index (χ3n) is 3.12. The maximum absolute atomic E-state index is 13.1. The van der Waals surface area contributed by atoms with E-state index in [2.05, 4.69) is 15.3 Å². The molecule has 0 spiro atoms. The van der Waals surface area contributed by atoms with Gasteiger partial charge in [-0.2, -0.15) is 0 Å². The highest BCUT2D eigenvalue weighted by Gasteiger charge is 2.07. The summed E-state index contributed by atoms with van der Waals surface area (Å²) in [5.74, 6) is 0.103. The van der Waals surface area contributed by atoms with Crippen LogP contribution in [0.4, 0.5) is 4.39 Å². The third-order valence-corrected chi connectivity index (χ3v) is 3.12. The lowest BCUT2D eigenvalue weighted by molar-refractivity contribution is 0.0950. The molecule has 1 aromatic carbocycles. The predicted molar refractivity (Wildman–Crippen MR) is 78.9 cm³/mol. The van der Waals surface area contributed by atoms with Gasteiger partial charge in [-0.1, -0.05) is 12.1 Å². The zero-order chi connectivity index (χ0) is 15.4. The van der Waals surface area contributed by atoms with E-state index in [1.54, 1.807) is 47.6 Å². The van der Waals surface area contributed by atoms with Gasteiger partial charge < -0.3 is 5.32 Å². The highest BCUT2D eigenvalue weighted by Crippen LogP contribution is 2.07. The largest absolute Gasteiger partial charge is 0.348 e. The summed E-state index contributed by atoms with van der Waals surface area (Å²) in [7, 11) is 0. The van der Waals surface area contributed by atoms with Gasteiger partial charge in [0.15, 0.2) is 0 Å². The summed E-state index contributed by atoms with van der Waals surface area (Å²) in [5.41, 5.74) is 1.15. The first-order valence-electron chi connectivity index (χ1n) is 6.69. The lowest BCUT2D eigenvalue weighted by Crippen LogP contribution is -2.23. The number of benzene rings is 1. The number of hydrogen-bond acceptors (Lipinski definition) is 3. The molecule has 110 valence electrons. The van der Waals surface area contributed by atoms with Crippen molar-refractivity contribution in [1.29, 1.82) is 0 Å². The second-order valence-corrected chi connectivity index (χ2v) is 4.69. The van der Waals surface area contributed by atoms with Gasteiger partial charge >= 0.3 is 0 Å². The SMILES string of the molecule is O=C(NCc1cccc(F)c1)c1ccc(-n2ccnc2)nc1. The molecular formula is C16H13FN4O. The van der Waals surface area contributed by atoms with Crippen LogP contribution in [-0.4, -0.2) is 20.4 Å². The van der Waals surface area contributed by atoms with Crippen LogP contribution in [0.15, 0.2) is 61.3 Å². The Morgan fingerprint density at radius 3 is 2.86 bits per heavy atom. The number of carbonyl (C=O) groups excluding carboxylic acids is 1. The number of nitrogens with zero attached hydrogens (tertiary/aromatic N) is 3. The van der Waals surface area contributed by atoms with Crippen LogP contribution in [0.2, 0.25) is 0 Å². The van der Waals surface area contributed by atoms with Crippen LogP contribution >= 0.6 is 0 Å². The molecule has 0 aliphatic heterocycles. The van der Waals surface area contributed by atoms with E-state index in [1.807, 2.05) is 0 Å². The van der Waals surface area contributed by atoms with E-state index in [9.17, 15) is 9.18 Å². The van der Waals surface area contributed by atoms with E-state index in [0.29, 0.717) is 16.9 Å². The number of carbonyl (C=O) groups is 1. The van der Waals surface area contributed by atoms with Crippen molar-refractivity contribution in [1.82, 2.24) is 19.9 Å². The quantitative estimate of drug-likeness (QED) is 0.804. The molecule has 6 heteroatoms. The predicted octanol–water partition coefficient (Wildman–Crippen LogP) is 2.34. The first-order chi connectivity index (χ1) is 10.7. The van der Waals surface area contributed by atoms with Gasteiger partial charge in [0.05, 0.1) is 5.56 Å². The average molecular weight is 296 g/mol. The molecule has 0 saturated heterocycles. The zero-order valence-electron chi connectivity index (χ0n) is 11.6. The molecule has 1 N–H and O–H groups in total. The molecule has 0 aliphatic carbocycles. The van der Waals surface area contributed by atoms with E-state index < -0.39 is 0 Å². The Bertz CT molecular complexity index is 769. The average Bonchev–Trinajstić information content (AvgIpc) is 3.07. The van der Waals surface area contributed by atoms with Gasteiger partial charge in [0, 0.05) is 25.1 Å². The molecule has 0 unspecified atom stereocenters. The van der Waals surface area contributed by atoms with Crippen LogP contribution in [-0.2, 0) is 6.54 Å². The fourth-order valence-electron chi connectivity index (χ4n) is 2.00. The molecule has 3 aromatic rings. The third kappa shape index (κ3) is 3.17. The summed E-state index contributed by atoms with van der Waals surface area (Å²) in [6, 6.07) is 9.54. The van der Waals surface area contributed by atoms with Gasteiger partial charge in [0.1, 0.15) is 18.0 Å². The zero-order valence-corrected chi connectivity index (χ0v) is 11.6. The van der Waals surface area contributed by atoms with Crippen LogP contribution in [0.1, 0.15) is 15.9 Å². The number of nitrogens with one attached hydrogen (secondary N) is 1. The van der Waals surface area contributed by atoms with Crippen LogP contribution in [0.25, 0.3) is 5.82 Å². The molecule has 1 amide bonds.